The van der Waals surface area contributed by atoms with Crippen LogP contribution < -0.4 is 14.8 Å². The molecule has 1 aromatic heterocycles. The lowest BCUT2D eigenvalue weighted by Crippen LogP contribution is -2.09. The van der Waals surface area contributed by atoms with Gasteiger partial charge in [-0.05, 0) is 48.9 Å². The minimum atomic E-state index is -3.31. The topological polar surface area (TPSA) is 97.4 Å². The van der Waals surface area contributed by atoms with Gasteiger partial charge in [0.2, 0.25) is 15.9 Å². The van der Waals surface area contributed by atoms with Crippen LogP contribution in [0.2, 0.25) is 0 Å². The average molecular weight is 418 g/mol. The van der Waals surface area contributed by atoms with Gasteiger partial charge in [-0.3, -0.25) is 14.8 Å². The molecule has 0 atom stereocenters. The van der Waals surface area contributed by atoms with Gasteiger partial charge in [0.05, 0.1) is 23.1 Å². The van der Waals surface area contributed by atoms with Gasteiger partial charge < -0.3 is 4.74 Å². The highest BCUT2D eigenvalue weighted by Gasteiger charge is 2.07. The molecule has 3 aromatic rings. The van der Waals surface area contributed by atoms with E-state index >= 15 is 0 Å². The largest absolute Gasteiger partial charge is 0.494 e. The summed E-state index contributed by atoms with van der Waals surface area (Å²) < 4.78 is 31.2. The number of thiazole rings is 1. The number of nitrogens with zero attached hydrogens (tertiary/aromatic N) is 1. The van der Waals surface area contributed by atoms with Crippen LogP contribution in [0.1, 0.15) is 12.5 Å². The SMILES string of the molecule is CCOc1ccc2nc(NC(=O)/C=C/c3ccc(NS(C)(=O)=O)cc3)sc2c1. The first-order valence-electron chi connectivity index (χ1n) is 8.43. The lowest BCUT2D eigenvalue weighted by atomic mass is 10.2. The molecule has 7 nitrogen and oxygen atoms in total. The number of amides is 1. The van der Waals surface area contributed by atoms with Gasteiger partial charge in [-0.25, -0.2) is 13.4 Å². The number of sulfonamides is 1. The summed E-state index contributed by atoms with van der Waals surface area (Å²) in [6.07, 6.45) is 4.13. The molecule has 9 heteroatoms. The fourth-order valence-corrected chi connectivity index (χ4v) is 3.87. The van der Waals surface area contributed by atoms with Crippen LogP contribution in [0.25, 0.3) is 16.3 Å². The van der Waals surface area contributed by atoms with Gasteiger partial charge in [0.15, 0.2) is 5.13 Å². The van der Waals surface area contributed by atoms with Crippen LogP contribution in [0.15, 0.2) is 48.5 Å². The van der Waals surface area contributed by atoms with Crippen molar-refractivity contribution in [2.45, 2.75) is 6.92 Å². The number of rotatable bonds is 7. The highest BCUT2D eigenvalue weighted by molar-refractivity contribution is 7.92. The molecule has 28 heavy (non-hydrogen) atoms. The Hall–Kier alpha value is -2.91. The maximum atomic E-state index is 12.1. The maximum absolute atomic E-state index is 12.1. The molecule has 0 fully saturated rings. The molecule has 1 amide bonds. The Labute approximate surface area is 167 Å². The average Bonchev–Trinajstić information content (AvgIpc) is 3.01. The van der Waals surface area contributed by atoms with E-state index in [1.165, 1.54) is 17.4 Å². The van der Waals surface area contributed by atoms with Crippen molar-refractivity contribution in [2.75, 3.05) is 22.9 Å². The highest BCUT2D eigenvalue weighted by atomic mass is 32.2. The quantitative estimate of drug-likeness (QED) is 0.571. The molecule has 1 heterocycles. The Balaban J connectivity index is 1.64. The molecule has 0 aliphatic carbocycles. The summed E-state index contributed by atoms with van der Waals surface area (Å²) in [5.74, 6) is 0.465. The summed E-state index contributed by atoms with van der Waals surface area (Å²) in [5.41, 5.74) is 2.02. The first kappa shape index (κ1) is 19.8. The molecular weight excluding hydrogens is 398 g/mol. The van der Waals surface area contributed by atoms with E-state index in [-0.39, 0.29) is 5.91 Å². The number of fused-ring (bicyclic) bond motifs is 1. The normalized spacial score (nSPS) is 11.6. The predicted molar refractivity (Wildman–Crippen MR) is 113 cm³/mol. The van der Waals surface area contributed by atoms with Gasteiger partial charge in [-0.15, -0.1) is 0 Å². The highest BCUT2D eigenvalue weighted by Crippen LogP contribution is 2.29. The molecule has 0 unspecified atom stereocenters. The molecular formula is C19H19N3O4S2. The fraction of sp³-hybridized carbons (Fsp3) is 0.158. The van der Waals surface area contributed by atoms with Crippen LogP contribution in [0.5, 0.6) is 5.75 Å². The number of anilines is 2. The van der Waals surface area contributed by atoms with E-state index < -0.39 is 10.0 Å². The van der Waals surface area contributed by atoms with Crippen LogP contribution in [-0.2, 0) is 14.8 Å². The third-order valence-electron chi connectivity index (χ3n) is 3.54. The molecule has 0 bridgehead atoms. The second-order valence-corrected chi connectivity index (χ2v) is 8.68. The number of hydrogen-bond acceptors (Lipinski definition) is 6. The third-order valence-corrected chi connectivity index (χ3v) is 5.08. The number of hydrogen-bond donors (Lipinski definition) is 2. The van der Waals surface area contributed by atoms with Crippen LogP contribution in [0.3, 0.4) is 0 Å². The van der Waals surface area contributed by atoms with Crippen molar-refractivity contribution in [1.29, 1.82) is 0 Å². The Morgan fingerprint density at radius 2 is 1.96 bits per heavy atom. The van der Waals surface area contributed by atoms with Crippen molar-refractivity contribution in [3.8, 4) is 5.75 Å². The summed E-state index contributed by atoms with van der Waals surface area (Å²) in [4.78, 5) is 16.5. The molecule has 0 aliphatic heterocycles. The van der Waals surface area contributed by atoms with E-state index in [1.807, 2.05) is 25.1 Å². The van der Waals surface area contributed by atoms with Gasteiger partial charge in [0, 0.05) is 11.8 Å². The lowest BCUT2D eigenvalue weighted by molar-refractivity contribution is -0.111. The van der Waals surface area contributed by atoms with Crippen molar-refractivity contribution < 1.29 is 17.9 Å². The Kier molecular flexibility index (Phi) is 5.96. The molecule has 0 saturated heterocycles. The van der Waals surface area contributed by atoms with Crippen molar-refractivity contribution in [3.63, 3.8) is 0 Å². The van der Waals surface area contributed by atoms with E-state index in [9.17, 15) is 13.2 Å². The smallest absolute Gasteiger partial charge is 0.250 e. The number of ether oxygens (including phenoxy) is 1. The van der Waals surface area contributed by atoms with Gasteiger partial charge in [-0.1, -0.05) is 23.5 Å². The van der Waals surface area contributed by atoms with Crippen molar-refractivity contribution in [3.05, 3.63) is 54.1 Å². The minimum absolute atomic E-state index is 0.303. The van der Waals surface area contributed by atoms with Crippen molar-refractivity contribution in [1.82, 2.24) is 4.98 Å². The monoisotopic (exact) mass is 417 g/mol. The third kappa shape index (κ3) is 5.54. The molecule has 0 spiro atoms. The number of nitrogens with one attached hydrogen (secondary N) is 2. The summed E-state index contributed by atoms with van der Waals surface area (Å²) >= 11 is 1.37. The van der Waals surface area contributed by atoms with E-state index in [2.05, 4.69) is 15.0 Å². The van der Waals surface area contributed by atoms with E-state index in [4.69, 9.17) is 4.74 Å². The predicted octanol–water partition coefficient (Wildman–Crippen LogP) is 3.72. The van der Waals surface area contributed by atoms with Crippen molar-refractivity contribution >= 4 is 54.4 Å². The molecule has 0 saturated carbocycles. The van der Waals surface area contributed by atoms with E-state index in [1.54, 1.807) is 30.3 Å². The molecule has 0 aliphatic rings. The summed E-state index contributed by atoms with van der Waals surface area (Å²) in [6, 6.07) is 12.3. The molecule has 0 radical (unpaired) electrons. The van der Waals surface area contributed by atoms with Crippen molar-refractivity contribution in [2.24, 2.45) is 0 Å². The van der Waals surface area contributed by atoms with E-state index in [0.717, 1.165) is 27.8 Å². The lowest BCUT2D eigenvalue weighted by Gasteiger charge is -2.03. The Morgan fingerprint density at radius 3 is 2.64 bits per heavy atom. The molecule has 3 rings (SSSR count). The molecule has 146 valence electrons. The Morgan fingerprint density at radius 1 is 1.21 bits per heavy atom. The fourth-order valence-electron chi connectivity index (χ4n) is 2.41. The molecule has 2 N–H and O–H groups in total. The summed E-state index contributed by atoms with van der Waals surface area (Å²) in [6.45, 7) is 2.51. The molecule has 2 aromatic carbocycles. The van der Waals surface area contributed by atoms with Gasteiger partial charge in [0.25, 0.3) is 0 Å². The van der Waals surface area contributed by atoms with Gasteiger partial charge >= 0.3 is 0 Å². The zero-order chi connectivity index (χ0) is 20.1. The summed E-state index contributed by atoms with van der Waals surface area (Å²) in [7, 11) is -3.31. The van der Waals surface area contributed by atoms with E-state index in [0.29, 0.717) is 17.4 Å². The number of aromatic nitrogens is 1. The first-order valence-corrected chi connectivity index (χ1v) is 11.1. The summed E-state index contributed by atoms with van der Waals surface area (Å²) in [5, 5.41) is 3.25. The maximum Gasteiger partial charge on any atom is 0.250 e. The van der Waals surface area contributed by atoms with Crippen LogP contribution in [0.4, 0.5) is 10.8 Å². The number of carbonyl (C=O) groups excluding carboxylic acids is 1. The first-order chi connectivity index (χ1) is 13.3. The number of carbonyl (C=O) groups is 1. The second kappa shape index (κ2) is 8.41. The minimum Gasteiger partial charge on any atom is -0.494 e. The van der Waals surface area contributed by atoms with Gasteiger partial charge in [-0.2, -0.15) is 0 Å². The van der Waals surface area contributed by atoms with Crippen LogP contribution in [-0.4, -0.2) is 32.2 Å². The standard InChI is InChI=1S/C19H19N3O4S2/c1-3-26-15-9-10-16-17(12-15)27-19(20-16)21-18(23)11-6-13-4-7-14(8-5-13)22-28(2,24)25/h4-12,22H,3H2,1-2H3,(H,20,21,23)/b11-6+. The van der Waals surface area contributed by atoms with Crippen LogP contribution in [0, 0.1) is 0 Å². The van der Waals surface area contributed by atoms with Gasteiger partial charge in [0.1, 0.15) is 5.75 Å². The Bertz CT molecular complexity index is 1120. The number of benzene rings is 2. The zero-order valence-corrected chi connectivity index (χ0v) is 16.9. The second-order valence-electron chi connectivity index (χ2n) is 5.90. The van der Waals surface area contributed by atoms with Crippen LogP contribution >= 0.6 is 11.3 Å². The zero-order valence-electron chi connectivity index (χ0n) is 15.3.